The summed E-state index contributed by atoms with van der Waals surface area (Å²) in [4.78, 5) is 12.0. The first-order valence-electron chi connectivity index (χ1n) is 6.25. The lowest BCUT2D eigenvalue weighted by Crippen LogP contribution is -2.38. The van der Waals surface area contributed by atoms with Crippen molar-refractivity contribution in [2.75, 3.05) is 6.54 Å². The van der Waals surface area contributed by atoms with Crippen LogP contribution in [0.3, 0.4) is 0 Å². The van der Waals surface area contributed by atoms with E-state index in [4.69, 9.17) is 11.6 Å². The minimum Gasteiger partial charge on any atom is -0.383 e. The molecule has 7 heteroatoms. The van der Waals surface area contributed by atoms with E-state index in [1.807, 2.05) is 0 Å². The molecule has 2 N–H and O–H groups in total. The minimum absolute atomic E-state index is 0.0218. The monoisotopic (exact) mass is 311 g/mol. The molecule has 1 atom stereocenters. The molecule has 1 unspecified atom stereocenters. The molecule has 0 saturated carbocycles. The highest BCUT2D eigenvalue weighted by atomic mass is 35.5. The van der Waals surface area contributed by atoms with E-state index in [2.05, 4.69) is 10.4 Å². The van der Waals surface area contributed by atoms with Crippen LogP contribution in [0.4, 0.5) is 4.39 Å². The number of carbonyl (C=O) groups is 1. The van der Waals surface area contributed by atoms with Crippen LogP contribution in [0.2, 0.25) is 5.02 Å². The molecule has 2 aromatic rings. The molecular weight excluding hydrogens is 297 g/mol. The maximum Gasteiger partial charge on any atom is 0.255 e. The van der Waals surface area contributed by atoms with Gasteiger partial charge in [0.2, 0.25) is 0 Å². The summed E-state index contributed by atoms with van der Waals surface area (Å²) < 4.78 is 15.2. The molecule has 0 spiro atoms. The normalized spacial score (nSPS) is 13.8. The first-order valence-corrected chi connectivity index (χ1v) is 6.63. The average molecular weight is 312 g/mol. The van der Waals surface area contributed by atoms with Gasteiger partial charge in [-0.3, -0.25) is 9.48 Å². The van der Waals surface area contributed by atoms with Gasteiger partial charge in [-0.05, 0) is 19.1 Å². The van der Waals surface area contributed by atoms with Crippen molar-refractivity contribution in [1.82, 2.24) is 15.1 Å². The molecule has 0 bridgehead atoms. The van der Waals surface area contributed by atoms with E-state index >= 15 is 0 Å². The molecule has 0 saturated heterocycles. The average Bonchev–Trinajstić information content (AvgIpc) is 2.84. The lowest BCUT2D eigenvalue weighted by Gasteiger charge is -2.22. The fourth-order valence-corrected chi connectivity index (χ4v) is 2.11. The summed E-state index contributed by atoms with van der Waals surface area (Å²) in [5.74, 6) is -1.39. The van der Waals surface area contributed by atoms with Crippen LogP contribution in [-0.2, 0) is 12.6 Å². The third-order valence-electron chi connectivity index (χ3n) is 3.11. The number of rotatable bonds is 4. The predicted octanol–water partition coefficient (Wildman–Crippen LogP) is 1.85. The molecule has 112 valence electrons. The van der Waals surface area contributed by atoms with Gasteiger partial charge in [0.25, 0.3) is 5.91 Å². The van der Waals surface area contributed by atoms with Crippen molar-refractivity contribution in [2.45, 2.75) is 12.5 Å². The van der Waals surface area contributed by atoms with Crippen molar-refractivity contribution in [3.63, 3.8) is 0 Å². The summed E-state index contributed by atoms with van der Waals surface area (Å²) in [6.07, 6.45) is 3.14. The number of amides is 1. The van der Waals surface area contributed by atoms with E-state index in [1.54, 1.807) is 17.9 Å². The van der Waals surface area contributed by atoms with Crippen LogP contribution in [0.5, 0.6) is 0 Å². The van der Waals surface area contributed by atoms with Gasteiger partial charge in [0.1, 0.15) is 11.4 Å². The highest BCUT2D eigenvalue weighted by Crippen LogP contribution is 2.21. The zero-order chi connectivity index (χ0) is 15.6. The molecule has 0 radical (unpaired) electrons. The molecule has 1 aromatic carbocycles. The van der Waals surface area contributed by atoms with Crippen LogP contribution in [-0.4, -0.2) is 27.3 Å². The quantitative estimate of drug-likeness (QED) is 0.905. The van der Waals surface area contributed by atoms with Gasteiger partial charge in [0.15, 0.2) is 0 Å². The number of aromatic nitrogens is 2. The van der Waals surface area contributed by atoms with Crippen molar-refractivity contribution in [2.24, 2.45) is 7.05 Å². The zero-order valence-electron chi connectivity index (χ0n) is 11.6. The molecule has 2 rings (SSSR count). The van der Waals surface area contributed by atoms with E-state index < -0.39 is 17.3 Å². The van der Waals surface area contributed by atoms with Crippen molar-refractivity contribution in [3.05, 3.63) is 52.6 Å². The van der Waals surface area contributed by atoms with E-state index in [0.717, 1.165) is 6.07 Å². The Bertz CT molecular complexity index is 650. The van der Waals surface area contributed by atoms with E-state index in [0.29, 0.717) is 5.56 Å². The highest BCUT2D eigenvalue weighted by Gasteiger charge is 2.26. The molecule has 0 aliphatic heterocycles. The summed E-state index contributed by atoms with van der Waals surface area (Å²) in [6, 6.07) is 4.00. The van der Waals surface area contributed by atoms with Gasteiger partial charge in [-0.1, -0.05) is 17.7 Å². The predicted molar refractivity (Wildman–Crippen MR) is 76.5 cm³/mol. The second kappa shape index (κ2) is 5.83. The van der Waals surface area contributed by atoms with E-state index in [-0.39, 0.29) is 17.1 Å². The van der Waals surface area contributed by atoms with Crippen molar-refractivity contribution in [3.8, 4) is 0 Å². The number of aryl methyl sites for hydroxylation is 1. The summed E-state index contributed by atoms with van der Waals surface area (Å²) in [5.41, 5.74) is -1.01. The summed E-state index contributed by atoms with van der Waals surface area (Å²) in [7, 11) is 1.72. The second-order valence-electron chi connectivity index (χ2n) is 4.96. The smallest absolute Gasteiger partial charge is 0.255 e. The van der Waals surface area contributed by atoms with Gasteiger partial charge in [-0.2, -0.15) is 5.10 Å². The Morgan fingerprint density at radius 2 is 2.29 bits per heavy atom. The number of nitrogens with one attached hydrogen (secondary N) is 1. The minimum atomic E-state index is -1.32. The molecule has 0 fully saturated rings. The maximum atomic E-state index is 13.6. The Hall–Kier alpha value is -1.92. The van der Waals surface area contributed by atoms with Gasteiger partial charge >= 0.3 is 0 Å². The van der Waals surface area contributed by atoms with Crippen LogP contribution in [0, 0.1) is 5.82 Å². The molecule has 5 nitrogen and oxygen atoms in total. The number of carbonyl (C=O) groups excluding carboxylic acids is 1. The van der Waals surface area contributed by atoms with Crippen LogP contribution in [0.25, 0.3) is 0 Å². The summed E-state index contributed by atoms with van der Waals surface area (Å²) in [6.45, 7) is 1.44. The van der Waals surface area contributed by atoms with Crippen LogP contribution >= 0.6 is 11.6 Å². The number of nitrogens with zero attached hydrogens (tertiary/aromatic N) is 2. The Kier molecular flexibility index (Phi) is 4.29. The fraction of sp³-hybridized carbons (Fsp3) is 0.286. The summed E-state index contributed by atoms with van der Waals surface area (Å²) in [5, 5.41) is 16.8. The highest BCUT2D eigenvalue weighted by molar-refractivity contribution is 6.33. The Morgan fingerprint density at radius 1 is 1.57 bits per heavy atom. The Labute approximate surface area is 126 Å². The standard InChI is InChI=1S/C14H15ClFN3O2/c1-14(21,9-6-18-19(2)7-9)8-17-13(20)12-10(15)4-3-5-11(12)16/h3-7,21H,8H2,1-2H3,(H,17,20). The first-order chi connectivity index (χ1) is 9.81. The zero-order valence-corrected chi connectivity index (χ0v) is 12.4. The fourth-order valence-electron chi connectivity index (χ4n) is 1.86. The lowest BCUT2D eigenvalue weighted by atomic mass is 9.99. The molecule has 0 aliphatic carbocycles. The first kappa shape index (κ1) is 15.5. The molecule has 21 heavy (non-hydrogen) atoms. The third-order valence-corrected chi connectivity index (χ3v) is 3.42. The maximum absolute atomic E-state index is 13.6. The Morgan fingerprint density at radius 3 is 2.86 bits per heavy atom. The van der Waals surface area contributed by atoms with Crippen molar-refractivity contribution >= 4 is 17.5 Å². The van der Waals surface area contributed by atoms with E-state index in [9.17, 15) is 14.3 Å². The number of halogens is 2. The van der Waals surface area contributed by atoms with Gasteiger partial charge < -0.3 is 10.4 Å². The molecule has 0 aliphatic rings. The third kappa shape index (κ3) is 3.40. The number of benzene rings is 1. The SMILES string of the molecule is Cn1cc(C(C)(O)CNC(=O)c2c(F)cccc2Cl)cn1. The molecule has 1 heterocycles. The molecule has 1 amide bonds. The van der Waals surface area contributed by atoms with Gasteiger partial charge in [-0.15, -0.1) is 0 Å². The van der Waals surface area contributed by atoms with Crippen LogP contribution in [0.1, 0.15) is 22.8 Å². The van der Waals surface area contributed by atoms with Crippen molar-refractivity contribution < 1.29 is 14.3 Å². The lowest BCUT2D eigenvalue weighted by molar-refractivity contribution is 0.0524. The van der Waals surface area contributed by atoms with Gasteiger partial charge in [0, 0.05) is 18.8 Å². The second-order valence-corrected chi connectivity index (χ2v) is 5.36. The largest absolute Gasteiger partial charge is 0.383 e. The number of aliphatic hydroxyl groups is 1. The van der Waals surface area contributed by atoms with Crippen LogP contribution < -0.4 is 5.32 Å². The number of hydrogen-bond donors (Lipinski definition) is 2. The number of hydrogen-bond acceptors (Lipinski definition) is 3. The van der Waals surface area contributed by atoms with Crippen molar-refractivity contribution in [1.29, 1.82) is 0 Å². The van der Waals surface area contributed by atoms with E-state index in [1.165, 1.54) is 25.3 Å². The molecule has 1 aromatic heterocycles. The Balaban J connectivity index is 2.11. The topological polar surface area (TPSA) is 67.2 Å². The van der Waals surface area contributed by atoms with Gasteiger partial charge in [0.05, 0.1) is 23.3 Å². The molecular formula is C14H15ClFN3O2. The van der Waals surface area contributed by atoms with Crippen LogP contribution in [0.15, 0.2) is 30.6 Å². The summed E-state index contributed by atoms with van der Waals surface area (Å²) >= 11 is 5.82. The van der Waals surface area contributed by atoms with Gasteiger partial charge in [-0.25, -0.2) is 4.39 Å².